The lowest BCUT2D eigenvalue weighted by Crippen LogP contribution is -2.32. The van der Waals surface area contributed by atoms with Crippen LogP contribution in [0.25, 0.3) is 0 Å². The third-order valence-corrected chi connectivity index (χ3v) is 3.97. The summed E-state index contributed by atoms with van der Waals surface area (Å²) < 4.78 is 25.3. The molecular weight excluding hydrogens is 231 g/mol. The number of hydrogen-bond donors (Lipinski definition) is 2. The first-order chi connectivity index (χ1) is 7.47. The van der Waals surface area contributed by atoms with E-state index in [2.05, 4.69) is 0 Å². The van der Waals surface area contributed by atoms with Gasteiger partial charge in [-0.3, -0.25) is 9.00 Å². The van der Waals surface area contributed by atoms with E-state index < -0.39 is 27.8 Å². The first-order valence-corrected chi connectivity index (χ1v) is 5.93. The zero-order valence-electron chi connectivity index (χ0n) is 8.77. The van der Waals surface area contributed by atoms with Gasteiger partial charge in [0.05, 0.1) is 15.7 Å². The summed E-state index contributed by atoms with van der Waals surface area (Å²) in [5, 5.41) is -0.877. The summed E-state index contributed by atoms with van der Waals surface area (Å²) in [7, 11) is -1.78. The fourth-order valence-corrected chi connectivity index (χ4v) is 2.57. The van der Waals surface area contributed by atoms with Crippen LogP contribution in [0.15, 0.2) is 23.1 Å². The molecule has 4 N–H and O–H groups in total. The zero-order chi connectivity index (χ0) is 12.3. The topological polar surface area (TPSA) is 86.2 Å². The van der Waals surface area contributed by atoms with Crippen LogP contribution < -0.4 is 11.5 Å². The Morgan fingerprint density at radius 3 is 2.62 bits per heavy atom. The molecule has 0 aliphatic rings. The van der Waals surface area contributed by atoms with E-state index in [1.807, 2.05) is 0 Å². The van der Waals surface area contributed by atoms with Gasteiger partial charge in [-0.25, -0.2) is 4.39 Å². The Hall–Kier alpha value is -1.43. The van der Waals surface area contributed by atoms with Crippen molar-refractivity contribution in [3.05, 3.63) is 24.0 Å². The third-order valence-electron chi connectivity index (χ3n) is 2.12. The molecule has 0 saturated heterocycles. The normalized spacial score (nSPS) is 14.4. The number of nitrogens with two attached hydrogens (primary N) is 2. The smallest absolute Gasteiger partial charge is 0.233 e. The number of hydrogen-bond acceptors (Lipinski definition) is 3. The van der Waals surface area contributed by atoms with Gasteiger partial charge in [0.1, 0.15) is 11.1 Å². The Morgan fingerprint density at radius 2 is 2.19 bits per heavy atom. The van der Waals surface area contributed by atoms with E-state index in [1.54, 1.807) is 6.92 Å². The van der Waals surface area contributed by atoms with Crippen LogP contribution in [0.2, 0.25) is 0 Å². The molecule has 0 heterocycles. The van der Waals surface area contributed by atoms with Crippen molar-refractivity contribution in [1.29, 1.82) is 0 Å². The molecule has 2 unspecified atom stereocenters. The summed E-state index contributed by atoms with van der Waals surface area (Å²) in [5.74, 6) is -1.38. The lowest BCUT2D eigenvalue weighted by molar-refractivity contribution is -0.117. The first kappa shape index (κ1) is 12.6. The fourth-order valence-electron chi connectivity index (χ4n) is 1.29. The van der Waals surface area contributed by atoms with Crippen molar-refractivity contribution in [2.45, 2.75) is 23.5 Å². The summed E-state index contributed by atoms with van der Waals surface area (Å²) >= 11 is 0. The highest BCUT2D eigenvalue weighted by Gasteiger charge is 2.24. The van der Waals surface area contributed by atoms with E-state index in [1.165, 1.54) is 12.1 Å². The number of carbonyl (C=O) groups is 1. The molecule has 0 spiro atoms. The summed E-state index contributed by atoms with van der Waals surface area (Å²) in [6.45, 7) is 1.67. The molecule has 0 aliphatic heterocycles. The lowest BCUT2D eigenvalue weighted by atomic mass is 10.3. The molecule has 0 radical (unpaired) electrons. The molecule has 0 aromatic heterocycles. The van der Waals surface area contributed by atoms with Gasteiger partial charge in [-0.15, -0.1) is 0 Å². The highest BCUT2D eigenvalue weighted by atomic mass is 32.2. The van der Waals surface area contributed by atoms with Crippen LogP contribution in [-0.2, 0) is 15.6 Å². The number of carbonyl (C=O) groups excluding carboxylic acids is 1. The minimum atomic E-state index is -1.78. The van der Waals surface area contributed by atoms with Crippen LogP contribution in [0.4, 0.5) is 10.1 Å². The molecule has 4 nitrogen and oxygen atoms in total. The molecule has 0 bridgehead atoms. The molecule has 0 fully saturated rings. The van der Waals surface area contributed by atoms with Gasteiger partial charge in [0.2, 0.25) is 5.91 Å². The lowest BCUT2D eigenvalue weighted by Gasteiger charge is -2.11. The molecule has 1 rings (SSSR count). The largest absolute Gasteiger partial charge is 0.399 e. The van der Waals surface area contributed by atoms with Crippen molar-refractivity contribution in [3.63, 3.8) is 0 Å². The predicted molar refractivity (Wildman–Crippen MR) is 60.5 cm³/mol. The Bertz CT molecular complexity index is 437. The second-order valence-electron chi connectivity index (χ2n) is 3.29. The average molecular weight is 244 g/mol. The van der Waals surface area contributed by atoms with Gasteiger partial charge in [-0.05, 0) is 24.6 Å². The van der Waals surface area contributed by atoms with Gasteiger partial charge in [0.25, 0.3) is 0 Å². The Kier molecular flexibility index (Phi) is 4.00. The van der Waals surface area contributed by atoms with E-state index in [-0.39, 0.29) is 10.6 Å². The van der Waals surface area contributed by atoms with E-state index in [0.717, 1.165) is 6.07 Å². The van der Waals surface area contributed by atoms with Crippen LogP contribution in [0.3, 0.4) is 0 Å². The molecule has 16 heavy (non-hydrogen) atoms. The second kappa shape index (κ2) is 5.07. The SMILES string of the molecule is CCC(C(N)=O)S(=O)c1ccc(N)cc1F. The van der Waals surface area contributed by atoms with E-state index in [4.69, 9.17) is 11.5 Å². The van der Waals surface area contributed by atoms with Crippen molar-refractivity contribution in [1.82, 2.24) is 0 Å². The minimum absolute atomic E-state index is 0.0418. The Labute approximate surface area is 95.3 Å². The van der Waals surface area contributed by atoms with Crippen molar-refractivity contribution in [2.75, 3.05) is 5.73 Å². The number of benzene rings is 1. The molecule has 0 saturated carbocycles. The minimum Gasteiger partial charge on any atom is -0.399 e. The van der Waals surface area contributed by atoms with Crippen LogP contribution in [0, 0.1) is 5.82 Å². The molecule has 88 valence electrons. The molecule has 1 aromatic carbocycles. The monoisotopic (exact) mass is 244 g/mol. The maximum absolute atomic E-state index is 13.4. The Morgan fingerprint density at radius 1 is 1.56 bits per heavy atom. The molecular formula is C10H13FN2O2S. The number of amides is 1. The van der Waals surface area contributed by atoms with Crippen LogP contribution in [0.1, 0.15) is 13.3 Å². The standard InChI is InChI=1S/C10H13FN2O2S/c1-2-8(10(13)14)16(15)9-4-3-6(12)5-7(9)11/h3-5,8H,2,12H2,1H3,(H2,13,14). The van der Waals surface area contributed by atoms with Gasteiger partial charge in [-0.2, -0.15) is 0 Å². The molecule has 0 aliphatic carbocycles. The molecule has 1 aromatic rings. The summed E-state index contributed by atoms with van der Waals surface area (Å²) in [5.41, 5.74) is 10.7. The molecule has 2 atom stereocenters. The zero-order valence-corrected chi connectivity index (χ0v) is 9.59. The molecule has 6 heteroatoms. The summed E-state index contributed by atoms with van der Waals surface area (Å²) in [6.07, 6.45) is 0.297. The third kappa shape index (κ3) is 2.57. The predicted octanol–water partition coefficient (Wildman–Crippen LogP) is 0.779. The van der Waals surface area contributed by atoms with Gasteiger partial charge >= 0.3 is 0 Å². The highest BCUT2D eigenvalue weighted by Crippen LogP contribution is 2.19. The van der Waals surface area contributed by atoms with Crippen molar-refractivity contribution < 1.29 is 13.4 Å². The van der Waals surface area contributed by atoms with Gasteiger partial charge in [-0.1, -0.05) is 6.92 Å². The summed E-state index contributed by atoms with van der Waals surface area (Å²) in [4.78, 5) is 11.0. The van der Waals surface area contributed by atoms with E-state index >= 15 is 0 Å². The van der Waals surface area contributed by atoms with Gasteiger partial charge < -0.3 is 11.5 Å². The number of halogens is 1. The van der Waals surface area contributed by atoms with Crippen LogP contribution in [0.5, 0.6) is 0 Å². The van der Waals surface area contributed by atoms with Crippen molar-refractivity contribution in [2.24, 2.45) is 5.73 Å². The second-order valence-corrected chi connectivity index (χ2v) is 4.89. The van der Waals surface area contributed by atoms with Crippen molar-refractivity contribution >= 4 is 22.4 Å². The number of primary amides is 1. The Balaban J connectivity index is 3.09. The van der Waals surface area contributed by atoms with Gasteiger partial charge in [0.15, 0.2) is 0 Å². The summed E-state index contributed by atoms with van der Waals surface area (Å²) in [6, 6.07) is 3.82. The van der Waals surface area contributed by atoms with Crippen molar-refractivity contribution in [3.8, 4) is 0 Å². The average Bonchev–Trinajstić information content (AvgIpc) is 2.17. The quantitative estimate of drug-likeness (QED) is 0.767. The van der Waals surface area contributed by atoms with Crippen LogP contribution >= 0.6 is 0 Å². The highest BCUT2D eigenvalue weighted by molar-refractivity contribution is 7.86. The van der Waals surface area contributed by atoms with Crippen LogP contribution in [-0.4, -0.2) is 15.4 Å². The van der Waals surface area contributed by atoms with E-state index in [0.29, 0.717) is 6.42 Å². The van der Waals surface area contributed by atoms with Gasteiger partial charge in [0, 0.05) is 5.69 Å². The maximum Gasteiger partial charge on any atom is 0.233 e. The molecule has 1 amide bonds. The first-order valence-electron chi connectivity index (χ1n) is 4.72. The number of rotatable bonds is 4. The maximum atomic E-state index is 13.4. The number of nitrogen functional groups attached to an aromatic ring is 1. The van der Waals surface area contributed by atoms with E-state index in [9.17, 15) is 13.4 Å². The fraction of sp³-hybridized carbons (Fsp3) is 0.300. The number of anilines is 1.